The molecule has 0 radical (unpaired) electrons. The van der Waals surface area contributed by atoms with Crippen molar-refractivity contribution in [2.75, 3.05) is 26.8 Å². The van der Waals surface area contributed by atoms with E-state index in [1.165, 1.54) is 13.2 Å². The minimum atomic E-state index is -0.317. The molecule has 0 spiro atoms. The molecule has 1 heterocycles. The Balaban J connectivity index is 2.42. The maximum Gasteiger partial charge on any atom is 0.331 e. The second kappa shape index (κ2) is 5.65. The fourth-order valence-corrected chi connectivity index (χ4v) is 1.40. The fraction of sp³-hybridized carbons (Fsp3) is 0.700. The van der Waals surface area contributed by atoms with Crippen LogP contribution in [0.3, 0.4) is 0 Å². The van der Waals surface area contributed by atoms with Crippen LogP contribution in [0.4, 0.5) is 0 Å². The molecule has 1 fully saturated rings. The largest absolute Gasteiger partial charge is 0.466 e. The second-order valence-electron chi connectivity index (χ2n) is 3.37. The number of hydrogen-bond acceptors (Lipinski definition) is 4. The van der Waals surface area contributed by atoms with E-state index in [1.807, 2.05) is 6.92 Å². The summed E-state index contributed by atoms with van der Waals surface area (Å²) in [6, 6.07) is 0. The lowest BCUT2D eigenvalue weighted by atomic mass is 10.3. The van der Waals surface area contributed by atoms with Crippen molar-refractivity contribution in [1.82, 2.24) is 4.90 Å². The monoisotopic (exact) mass is 199 g/mol. The zero-order valence-corrected chi connectivity index (χ0v) is 8.73. The van der Waals surface area contributed by atoms with E-state index in [0.717, 1.165) is 26.1 Å². The summed E-state index contributed by atoms with van der Waals surface area (Å²) >= 11 is 0. The van der Waals surface area contributed by atoms with E-state index >= 15 is 0 Å². The first-order valence-corrected chi connectivity index (χ1v) is 4.84. The van der Waals surface area contributed by atoms with Gasteiger partial charge in [-0.05, 0) is 13.3 Å². The molecular weight excluding hydrogens is 182 g/mol. The Hall–Kier alpha value is -1.03. The molecule has 1 aliphatic heterocycles. The number of carbonyl (C=O) groups is 1. The molecule has 1 unspecified atom stereocenters. The number of carbonyl (C=O) groups excluding carboxylic acids is 1. The van der Waals surface area contributed by atoms with E-state index < -0.39 is 0 Å². The van der Waals surface area contributed by atoms with Crippen LogP contribution in [0.25, 0.3) is 0 Å². The SMILES string of the molecule is COC(=O)C=CN1CCCOC(C)C1. The van der Waals surface area contributed by atoms with Gasteiger partial charge in [0.15, 0.2) is 0 Å². The number of hydrogen-bond donors (Lipinski definition) is 0. The van der Waals surface area contributed by atoms with Gasteiger partial charge in [0.2, 0.25) is 0 Å². The average Bonchev–Trinajstić information content (AvgIpc) is 2.39. The van der Waals surface area contributed by atoms with Crippen molar-refractivity contribution < 1.29 is 14.3 Å². The van der Waals surface area contributed by atoms with Gasteiger partial charge in [0.1, 0.15) is 0 Å². The predicted molar refractivity (Wildman–Crippen MR) is 52.8 cm³/mol. The normalized spacial score (nSPS) is 23.6. The Bertz CT molecular complexity index is 215. The van der Waals surface area contributed by atoms with Gasteiger partial charge in [-0.3, -0.25) is 0 Å². The molecular formula is C10H17NO3. The van der Waals surface area contributed by atoms with Crippen molar-refractivity contribution in [2.45, 2.75) is 19.4 Å². The molecule has 0 bridgehead atoms. The quantitative estimate of drug-likeness (QED) is 0.486. The van der Waals surface area contributed by atoms with Crippen LogP contribution in [-0.2, 0) is 14.3 Å². The average molecular weight is 199 g/mol. The molecule has 4 nitrogen and oxygen atoms in total. The van der Waals surface area contributed by atoms with Gasteiger partial charge in [-0.15, -0.1) is 0 Å². The first-order valence-electron chi connectivity index (χ1n) is 4.84. The Labute approximate surface area is 84.5 Å². The summed E-state index contributed by atoms with van der Waals surface area (Å²) in [5, 5.41) is 0. The van der Waals surface area contributed by atoms with Crippen LogP contribution in [0, 0.1) is 0 Å². The smallest absolute Gasteiger partial charge is 0.331 e. The molecule has 1 rings (SSSR count). The van der Waals surface area contributed by atoms with Crippen molar-refractivity contribution in [1.29, 1.82) is 0 Å². The third-order valence-corrected chi connectivity index (χ3v) is 2.11. The van der Waals surface area contributed by atoms with Crippen LogP contribution >= 0.6 is 0 Å². The molecule has 0 aromatic carbocycles. The first-order chi connectivity index (χ1) is 6.72. The number of rotatable bonds is 2. The lowest BCUT2D eigenvalue weighted by Gasteiger charge is -2.19. The van der Waals surface area contributed by atoms with Crippen molar-refractivity contribution in [3.8, 4) is 0 Å². The van der Waals surface area contributed by atoms with Crippen LogP contribution in [0.1, 0.15) is 13.3 Å². The zero-order chi connectivity index (χ0) is 10.4. The van der Waals surface area contributed by atoms with Crippen LogP contribution < -0.4 is 0 Å². The van der Waals surface area contributed by atoms with E-state index in [9.17, 15) is 4.79 Å². The summed E-state index contributed by atoms with van der Waals surface area (Å²) in [6.07, 6.45) is 4.44. The Kier molecular flexibility index (Phi) is 4.46. The molecule has 0 aliphatic carbocycles. The highest BCUT2D eigenvalue weighted by Crippen LogP contribution is 2.05. The molecule has 0 aromatic heterocycles. The van der Waals surface area contributed by atoms with Crippen LogP contribution in [0.2, 0.25) is 0 Å². The molecule has 0 N–H and O–H groups in total. The van der Waals surface area contributed by atoms with Crippen LogP contribution in [-0.4, -0.2) is 43.8 Å². The lowest BCUT2D eigenvalue weighted by Crippen LogP contribution is -2.25. The van der Waals surface area contributed by atoms with Gasteiger partial charge < -0.3 is 14.4 Å². The van der Waals surface area contributed by atoms with Gasteiger partial charge in [-0.25, -0.2) is 4.79 Å². The second-order valence-corrected chi connectivity index (χ2v) is 3.37. The minimum absolute atomic E-state index is 0.222. The highest BCUT2D eigenvalue weighted by Gasteiger charge is 2.11. The third-order valence-electron chi connectivity index (χ3n) is 2.11. The number of nitrogens with zero attached hydrogens (tertiary/aromatic N) is 1. The molecule has 0 saturated carbocycles. The highest BCUT2D eigenvalue weighted by atomic mass is 16.5. The molecule has 1 atom stereocenters. The molecule has 1 aliphatic rings. The maximum absolute atomic E-state index is 10.9. The number of ether oxygens (including phenoxy) is 2. The third kappa shape index (κ3) is 3.79. The summed E-state index contributed by atoms with van der Waals surface area (Å²) in [5.41, 5.74) is 0. The maximum atomic E-state index is 10.9. The lowest BCUT2D eigenvalue weighted by molar-refractivity contribution is -0.134. The minimum Gasteiger partial charge on any atom is -0.466 e. The summed E-state index contributed by atoms with van der Waals surface area (Å²) in [6.45, 7) is 4.58. The first kappa shape index (κ1) is 11.0. The van der Waals surface area contributed by atoms with Crippen molar-refractivity contribution in [3.05, 3.63) is 12.3 Å². The van der Waals surface area contributed by atoms with Crippen molar-refractivity contribution in [3.63, 3.8) is 0 Å². The molecule has 4 heteroatoms. The van der Waals surface area contributed by atoms with Crippen molar-refractivity contribution in [2.24, 2.45) is 0 Å². The van der Waals surface area contributed by atoms with Gasteiger partial charge in [0, 0.05) is 32.0 Å². The van der Waals surface area contributed by atoms with Gasteiger partial charge >= 0.3 is 5.97 Å². The number of esters is 1. The van der Waals surface area contributed by atoms with Crippen LogP contribution in [0.5, 0.6) is 0 Å². The van der Waals surface area contributed by atoms with Gasteiger partial charge in [0.05, 0.1) is 13.2 Å². The highest BCUT2D eigenvalue weighted by molar-refractivity contribution is 5.81. The zero-order valence-electron chi connectivity index (χ0n) is 8.73. The predicted octanol–water partition coefficient (Wildman–Crippen LogP) is 0.784. The molecule has 14 heavy (non-hydrogen) atoms. The summed E-state index contributed by atoms with van der Waals surface area (Å²) in [7, 11) is 1.38. The van der Waals surface area contributed by atoms with E-state index in [-0.39, 0.29) is 12.1 Å². The Morgan fingerprint density at radius 3 is 3.14 bits per heavy atom. The van der Waals surface area contributed by atoms with Gasteiger partial charge in [-0.1, -0.05) is 0 Å². The van der Waals surface area contributed by atoms with Gasteiger partial charge in [0.25, 0.3) is 0 Å². The number of methoxy groups -OCH3 is 1. The molecule has 80 valence electrons. The van der Waals surface area contributed by atoms with E-state index in [1.54, 1.807) is 6.20 Å². The topological polar surface area (TPSA) is 38.8 Å². The molecule has 1 saturated heterocycles. The van der Waals surface area contributed by atoms with E-state index in [4.69, 9.17) is 4.74 Å². The van der Waals surface area contributed by atoms with Crippen molar-refractivity contribution >= 4 is 5.97 Å². The van der Waals surface area contributed by atoms with Gasteiger partial charge in [-0.2, -0.15) is 0 Å². The standard InChI is InChI=1S/C10H17NO3/c1-9-8-11(5-3-7-14-9)6-4-10(12)13-2/h4,6,9H,3,5,7-8H2,1-2H3. The van der Waals surface area contributed by atoms with Crippen LogP contribution in [0.15, 0.2) is 12.3 Å². The molecule has 0 amide bonds. The summed E-state index contributed by atoms with van der Waals surface area (Å²) in [4.78, 5) is 12.9. The summed E-state index contributed by atoms with van der Waals surface area (Å²) < 4.78 is 9.99. The Morgan fingerprint density at radius 1 is 1.64 bits per heavy atom. The molecule has 0 aromatic rings. The Morgan fingerprint density at radius 2 is 2.43 bits per heavy atom. The van der Waals surface area contributed by atoms with E-state index in [2.05, 4.69) is 9.64 Å². The van der Waals surface area contributed by atoms with E-state index in [0.29, 0.717) is 0 Å². The fourth-order valence-electron chi connectivity index (χ4n) is 1.40. The summed E-state index contributed by atoms with van der Waals surface area (Å²) in [5.74, 6) is -0.317.